The number of hydrogen-bond donors (Lipinski definition) is 1. The molecule has 1 aliphatic heterocycles. The van der Waals surface area contributed by atoms with Crippen LogP contribution in [0.5, 0.6) is 0 Å². The van der Waals surface area contributed by atoms with Crippen LogP contribution >= 0.6 is 0 Å². The highest BCUT2D eigenvalue weighted by atomic mass is 32.2. The van der Waals surface area contributed by atoms with Gasteiger partial charge in [0.1, 0.15) is 5.82 Å². The van der Waals surface area contributed by atoms with E-state index in [0.29, 0.717) is 24.9 Å². The summed E-state index contributed by atoms with van der Waals surface area (Å²) in [6.07, 6.45) is 1.21. The van der Waals surface area contributed by atoms with Crippen LogP contribution in [0.15, 0.2) is 53.4 Å². The summed E-state index contributed by atoms with van der Waals surface area (Å²) < 4.78 is 40.7. The number of benzene rings is 2. The van der Waals surface area contributed by atoms with Crippen molar-refractivity contribution in [3.8, 4) is 0 Å². The summed E-state index contributed by atoms with van der Waals surface area (Å²) in [6, 6.07) is 12.8. The lowest BCUT2D eigenvalue weighted by Crippen LogP contribution is -2.51. The molecule has 1 saturated heterocycles. The van der Waals surface area contributed by atoms with E-state index in [-0.39, 0.29) is 29.7 Å². The molecule has 0 radical (unpaired) electrons. The Morgan fingerprint density at radius 1 is 1.21 bits per heavy atom. The number of hydrogen-bond acceptors (Lipinski definition) is 3. The number of rotatable bonds is 5. The summed E-state index contributed by atoms with van der Waals surface area (Å²) in [7, 11) is -3.66. The van der Waals surface area contributed by atoms with Crippen molar-refractivity contribution in [1.82, 2.24) is 9.62 Å². The lowest BCUT2D eigenvalue weighted by molar-refractivity contribution is -0.132. The van der Waals surface area contributed by atoms with Crippen LogP contribution in [-0.2, 0) is 21.4 Å². The Morgan fingerprint density at radius 2 is 1.96 bits per heavy atom. The monoisotopic (exact) mass is 404 g/mol. The SMILES string of the molecule is Cc1cccc(S(=O)(=O)N2CCC[C@](C)(C(=O)NCc3cccc(F)c3)C2)c1. The number of nitrogens with one attached hydrogen (secondary N) is 1. The molecule has 28 heavy (non-hydrogen) atoms. The Balaban J connectivity index is 1.72. The molecule has 0 bridgehead atoms. The third-order valence-electron chi connectivity index (χ3n) is 5.18. The van der Waals surface area contributed by atoms with E-state index in [9.17, 15) is 17.6 Å². The molecule has 7 heteroatoms. The first-order valence-corrected chi connectivity index (χ1v) is 10.7. The predicted octanol–water partition coefficient (Wildman–Crippen LogP) is 3.24. The van der Waals surface area contributed by atoms with Crippen molar-refractivity contribution in [2.24, 2.45) is 5.41 Å². The van der Waals surface area contributed by atoms with Crippen LogP contribution < -0.4 is 5.32 Å². The van der Waals surface area contributed by atoms with Crippen LogP contribution in [0, 0.1) is 18.2 Å². The van der Waals surface area contributed by atoms with E-state index in [1.807, 2.05) is 13.0 Å². The molecular weight excluding hydrogens is 379 g/mol. The molecule has 0 aliphatic carbocycles. The molecule has 0 unspecified atom stereocenters. The van der Waals surface area contributed by atoms with E-state index in [4.69, 9.17) is 0 Å². The maximum absolute atomic E-state index is 13.3. The normalized spacial score (nSPS) is 20.7. The third kappa shape index (κ3) is 4.42. The second-order valence-electron chi connectivity index (χ2n) is 7.63. The standard InChI is InChI=1S/C21H25FN2O3S/c1-16-6-3-9-19(12-16)28(26,27)24-11-5-10-21(2,15-24)20(25)23-14-17-7-4-8-18(22)13-17/h3-4,6-9,12-13H,5,10-11,14-15H2,1-2H3,(H,23,25)/t21-/m0/s1. The summed E-state index contributed by atoms with van der Waals surface area (Å²) in [5.41, 5.74) is 0.702. The van der Waals surface area contributed by atoms with Crippen LogP contribution in [0.25, 0.3) is 0 Å². The zero-order valence-corrected chi connectivity index (χ0v) is 16.9. The van der Waals surface area contributed by atoms with Gasteiger partial charge in [-0.15, -0.1) is 0 Å². The lowest BCUT2D eigenvalue weighted by Gasteiger charge is -2.38. The molecule has 2 aromatic rings. The number of sulfonamides is 1. The summed E-state index contributed by atoms with van der Waals surface area (Å²) in [6.45, 7) is 4.35. The summed E-state index contributed by atoms with van der Waals surface area (Å²) in [5.74, 6) is -0.577. The molecule has 5 nitrogen and oxygen atoms in total. The van der Waals surface area contributed by atoms with Crippen LogP contribution in [0.4, 0.5) is 4.39 Å². The first-order chi connectivity index (χ1) is 13.2. The van der Waals surface area contributed by atoms with Gasteiger partial charge in [0.2, 0.25) is 15.9 Å². The van der Waals surface area contributed by atoms with Gasteiger partial charge in [-0.05, 0) is 62.1 Å². The average Bonchev–Trinajstić information content (AvgIpc) is 2.66. The highest BCUT2D eigenvalue weighted by Gasteiger charge is 2.41. The molecule has 1 aliphatic rings. The summed E-state index contributed by atoms with van der Waals surface area (Å²) >= 11 is 0. The van der Waals surface area contributed by atoms with Crippen molar-refractivity contribution in [3.05, 3.63) is 65.5 Å². The fraction of sp³-hybridized carbons (Fsp3) is 0.381. The number of aryl methyl sites for hydroxylation is 1. The lowest BCUT2D eigenvalue weighted by atomic mass is 9.82. The zero-order chi connectivity index (χ0) is 20.4. The van der Waals surface area contributed by atoms with Gasteiger partial charge < -0.3 is 5.32 Å². The Hall–Kier alpha value is -2.25. The van der Waals surface area contributed by atoms with Gasteiger partial charge in [0.15, 0.2) is 0 Å². The number of amides is 1. The molecule has 1 amide bonds. The number of nitrogens with zero attached hydrogens (tertiary/aromatic N) is 1. The van der Waals surface area contributed by atoms with Gasteiger partial charge in [-0.25, -0.2) is 12.8 Å². The van der Waals surface area contributed by atoms with Crippen molar-refractivity contribution in [2.75, 3.05) is 13.1 Å². The van der Waals surface area contributed by atoms with Crippen molar-refractivity contribution in [3.63, 3.8) is 0 Å². The first kappa shape index (κ1) is 20.5. The minimum atomic E-state index is -3.66. The van der Waals surface area contributed by atoms with Gasteiger partial charge >= 0.3 is 0 Å². The minimum absolute atomic E-state index is 0.123. The summed E-state index contributed by atoms with van der Waals surface area (Å²) in [4.78, 5) is 13.1. The quantitative estimate of drug-likeness (QED) is 0.832. The second kappa shape index (κ2) is 8.01. The van der Waals surface area contributed by atoms with Crippen LogP contribution in [0.2, 0.25) is 0 Å². The number of carbonyl (C=O) groups is 1. The van der Waals surface area contributed by atoms with E-state index in [1.54, 1.807) is 37.3 Å². The average molecular weight is 405 g/mol. The molecule has 1 atom stereocenters. The number of carbonyl (C=O) groups excluding carboxylic acids is 1. The first-order valence-electron chi connectivity index (χ1n) is 9.30. The number of piperidine rings is 1. The molecule has 150 valence electrons. The van der Waals surface area contributed by atoms with E-state index < -0.39 is 15.4 Å². The topological polar surface area (TPSA) is 66.5 Å². The Bertz CT molecular complexity index is 977. The molecule has 3 rings (SSSR count). The van der Waals surface area contributed by atoms with Crippen molar-refractivity contribution >= 4 is 15.9 Å². The largest absolute Gasteiger partial charge is 0.352 e. The Kier molecular flexibility index (Phi) is 5.86. The molecule has 2 aromatic carbocycles. The Morgan fingerprint density at radius 3 is 2.68 bits per heavy atom. The smallest absolute Gasteiger partial charge is 0.243 e. The van der Waals surface area contributed by atoms with Gasteiger partial charge in [-0.2, -0.15) is 4.31 Å². The van der Waals surface area contributed by atoms with Gasteiger partial charge in [0.25, 0.3) is 0 Å². The van der Waals surface area contributed by atoms with E-state index >= 15 is 0 Å². The predicted molar refractivity (Wildman–Crippen MR) is 106 cm³/mol. The van der Waals surface area contributed by atoms with Crippen LogP contribution in [0.3, 0.4) is 0 Å². The molecule has 0 spiro atoms. The second-order valence-corrected chi connectivity index (χ2v) is 9.57. The molecular formula is C21H25FN2O3S. The molecule has 1 N–H and O–H groups in total. The van der Waals surface area contributed by atoms with Crippen molar-refractivity contribution in [2.45, 2.75) is 38.1 Å². The highest BCUT2D eigenvalue weighted by Crippen LogP contribution is 2.33. The van der Waals surface area contributed by atoms with E-state index in [2.05, 4.69) is 5.32 Å². The fourth-order valence-corrected chi connectivity index (χ4v) is 5.26. The maximum Gasteiger partial charge on any atom is 0.243 e. The highest BCUT2D eigenvalue weighted by molar-refractivity contribution is 7.89. The van der Waals surface area contributed by atoms with Crippen molar-refractivity contribution < 1.29 is 17.6 Å². The third-order valence-corrected chi connectivity index (χ3v) is 7.02. The van der Waals surface area contributed by atoms with Gasteiger partial charge in [0.05, 0.1) is 10.3 Å². The molecule has 1 heterocycles. The van der Waals surface area contributed by atoms with E-state index in [1.165, 1.54) is 16.4 Å². The van der Waals surface area contributed by atoms with Gasteiger partial charge in [-0.1, -0.05) is 24.3 Å². The fourth-order valence-electron chi connectivity index (χ4n) is 3.55. The maximum atomic E-state index is 13.3. The van der Waals surface area contributed by atoms with Crippen molar-refractivity contribution in [1.29, 1.82) is 0 Å². The summed E-state index contributed by atoms with van der Waals surface area (Å²) in [5, 5.41) is 2.83. The Labute approximate surface area is 165 Å². The van der Waals surface area contributed by atoms with E-state index in [0.717, 1.165) is 5.56 Å². The van der Waals surface area contributed by atoms with Crippen LogP contribution in [-0.4, -0.2) is 31.7 Å². The van der Waals surface area contributed by atoms with Gasteiger partial charge in [0, 0.05) is 19.6 Å². The molecule has 0 saturated carbocycles. The van der Waals surface area contributed by atoms with Crippen LogP contribution in [0.1, 0.15) is 30.9 Å². The van der Waals surface area contributed by atoms with Gasteiger partial charge in [-0.3, -0.25) is 4.79 Å². The molecule has 0 aromatic heterocycles. The number of halogens is 1. The minimum Gasteiger partial charge on any atom is -0.352 e. The molecule has 1 fully saturated rings. The zero-order valence-electron chi connectivity index (χ0n) is 16.1.